The number of benzene rings is 3. The second-order valence-corrected chi connectivity index (χ2v) is 9.65. The summed E-state index contributed by atoms with van der Waals surface area (Å²) in [5.41, 5.74) is 0.494. The number of aliphatic carboxylic acids is 2. The number of rotatable bonds is 10. The number of hydrogen-bond donors (Lipinski definition) is 2. The van der Waals surface area contributed by atoms with Crippen molar-refractivity contribution in [1.29, 1.82) is 0 Å². The van der Waals surface area contributed by atoms with E-state index in [1.807, 2.05) is 0 Å². The van der Waals surface area contributed by atoms with Gasteiger partial charge in [0.1, 0.15) is 30.5 Å². The summed E-state index contributed by atoms with van der Waals surface area (Å²) < 4.78 is 29.7. The van der Waals surface area contributed by atoms with Crippen molar-refractivity contribution in [1.82, 2.24) is 4.98 Å². The van der Waals surface area contributed by atoms with Gasteiger partial charge < -0.3 is 10.2 Å². The first-order valence-electron chi connectivity index (χ1n) is 10.5. The smallest absolute Gasteiger partial charge is 0.324 e. The van der Waals surface area contributed by atoms with Crippen molar-refractivity contribution in [3.05, 3.63) is 90.6 Å². The second kappa shape index (κ2) is 11.3. The first-order valence-corrected chi connectivity index (χ1v) is 12.1. The van der Waals surface area contributed by atoms with E-state index < -0.39 is 23.6 Å². The first kappa shape index (κ1) is 25.3. The molecule has 0 saturated heterocycles. The Kier molecular flexibility index (Phi) is 7.91. The molecule has 0 radical (unpaired) electrons. The van der Waals surface area contributed by atoms with Crippen LogP contribution < -0.4 is 8.61 Å². The average molecular weight is 528 g/mol. The van der Waals surface area contributed by atoms with Crippen LogP contribution in [0.1, 0.15) is 0 Å². The van der Waals surface area contributed by atoms with Crippen LogP contribution in [0.4, 0.5) is 20.3 Å². The number of aromatic nitrogens is 1. The lowest BCUT2D eigenvalue weighted by molar-refractivity contribution is -0.136. The largest absolute Gasteiger partial charge is 0.480 e. The molecule has 0 atom stereocenters. The van der Waals surface area contributed by atoms with Crippen molar-refractivity contribution in [3.8, 4) is 0 Å². The number of fused-ring (bicyclic) bond motifs is 1. The number of halogens is 2. The predicted molar refractivity (Wildman–Crippen MR) is 136 cm³/mol. The van der Waals surface area contributed by atoms with Gasteiger partial charge in [0.15, 0.2) is 0 Å². The SMILES string of the molecule is O=C(O)CN(Sc1ccc(F)cc1)c1cnc(N(CC(=O)O)Sc2ccc(F)cc2)c2ccccc12. The van der Waals surface area contributed by atoms with Crippen LogP contribution in [-0.4, -0.2) is 40.2 Å². The molecule has 0 bridgehead atoms. The fraction of sp³-hybridized carbons (Fsp3) is 0.0800. The van der Waals surface area contributed by atoms with E-state index >= 15 is 0 Å². The molecule has 184 valence electrons. The summed E-state index contributed by atoms with van der Waals surface area (Å²) in [6.07, 6.45) is 1.48. The lowest BCUT2D eigenvalue weighted by atomic mass is 10.1. The minimum atomic E-state index is -1.08. The van der Waals surface area contributed by atoms with Crippen LogP contribution in [0.3, 0.4) is 0 Å². The number of anilines is 2. The first-order chi connectivity index (χ1) is 17.3. The third-order valence-electron chi connectivity index (χ3n) is 4.87. The third kappa shape index (κ3) is 6.23. The Hall–Kier alpha value is -3.83. The summed E-state index contributed by atoms with van der Waals surface area (Å²) in [5, 5.41) is 20.3. The van der Waals surface area contributed by atoms with Gasteiger partial charge in [0.25, 0.3) is 0 Å². The zero-order chi connectivity index (χ0) is 25.7. The maximum absolute atomic E-state index is 13.4. The van der Waals surface area contributed by atoms with Crippen LogP contribution in [0.2, 0.25) is 0 Å². The maximum atomic E-state index is 13.4. The van der Waals surface area contributed by atoms with Gasteiger partial charge in [0.05, 0.1) is 11.9 Å². The molecule has 0 saturated carbocycles. The van der Waals surface area contributed by atoms with Crippen molar-refractivity contribution in [3.63, 3.8) is 0 Å². The van der Waals surface area contributed by atoms with Crippen LogP contribution in [0.5, 0.6) is 0 Å². The van der Waals surface area contributed by atoms with Crippen LogP contribution in [0.25, 0.3) is 10.8 Å². The standard InChI is InChI=1S/C25H19F2N3O4S2/c26-16-5-9-18(10-6-16)35-29(14-23(31)32)22-13-28-25(21-4-2-1-3-20(21)22)30(15-24(33)34)36-19-11-7-17(27)8-12-19/h1-13H,14-15H2,(H,31,32)(H,33,34). The molecule has 4 rings (SSSR count). The normalized spacial score (nSPS) is 10.8. The van der Waals surface area contributed by atoms with E-state index in [0.717, 1.165) is 23.9 Å². The molecule has 7 nitrogen and oxygen atoms in total. The molecule has 2 N–H and O–H groups in total. The Morgan fingerprint density at radius 3 is 1.72 bits per heavy atom. The van der Waals surface area contributed by atoms with Crippen LogP contribution >= 0.6 is 23.9 Å². The van der Waals surface area contributed by atoms with Crippen LogP contribution in [-0.2, 0) is 9.59 Å². The molecule has 4 aromatic rings. The number of hydrogen-bond acceptors (Lipinski definition) is 7. The summed E-state index contributed by atoms with van der Waals surface area (Å²) in [5.74, 6) is -2.61. The van der Waals surface area contributed by atoms with Gasteiger partial charge in [-0.15, -0.1) is 0 Å². The fourth-order valence-electron chi connectivity index (χ4n) is 3.37. The van der Waals surface area contributed by atoms with Gasteiger partial charge in [-0.1, -0.05) is 24.3 Å². The number of nitrogens with zero attached hydrogens (tertiary/aromatic N) is 3. The lowest BCUT2D eigenvalue weighted by Crippen LogP contribution is -2.25. The quantitative estimate of drug-likeness (QED) is 0.252. The summed E-state index contributed by atoms with van der Waals surface area (Å²) in [7, 11) is 0. The molecule has 36 heavy (non-hydrogen) atoms. The molecule has 0 aliphatic rings. The second-order valence-electron chi connectivity index (χ2n) is 7.46. The van der Waals surface area contributed by atoms with E-state index in [-0.39, 0.29) is 13.1 Å². The molecule has 0 fully saturated rings. The van der Waals surface area contributed by atoms with E-state index in [0.29, 0.717) is 32.1 Å². The molecule has 0 spiro atoms. The van der Waals surface area contributed by atoms with Gasteiger partial charge in [0.2, 0.25) is 0 Å². The summed E-state index contributed by atoms with van der Waals surface area (Å²) in [4.78, 5) is 29.1. The van der Waals surface area contributed by atoms with E-state index in [9.17, 15) is 28.6 Å². The maximum Gasteiger partial charge on any atom is 0.324 e. The Balaban J connectivity index is 1.77. The molecular weight excluding hydrogens is 508 g/mol. The van der Waals surface area contributed by atoms with Gasteiger partial charge in [-0.25, -0.2) is 13.8 Å². The van der Waals surface area contributed by atoms with Gasteiger partial charge in [-0.2, -0.15) is 0 Å². The van der Waals surface area contributed by atoms with E-state index in [1.165, 1.54) is 39.1 Å². The van der Waals surface area contributed by atoms with Gasteiger partial charge in [-0.3, -0.25) is 18.2 Å². The third-order valence-corrected chi connectivity index (χ3v) is 6.91. The number of carboxylic acids is 2. The summed E-state index contributed by atoms with van der Waals surface area (Å²) in [6.45, 7) is -0.752. The Morgan fingerprint density at radius 1 is 0.722 bits per heavy atom. The zero-order valence-electron chi connectivity index (χ0n) is 18.5. The van der Waals surface area contributed by atoms with Crippen LogP contribution in [0.15, 0.2) is 88.8 Å². The van der Waals surface area contributed by atoms with Crippen molar-refractivity contribution in [2.75, 3.05) is 21.7 Å². The summed E-state index contributed by atoms with van der Waals surface area (Å²) in [6, 6.07) is 18.4. The highest BCUT2D eigenvalue weighted by Crippen LogP contribution is 2.39. The van der Waals surface area contributed by atoms with Gasteiger partial charge >= 0.3 is 11.9 Å². The molecule has 0 aliphatic carbocycles. The number of pyridine rings is 1. The molecule has 1 aromatic heterocycles. The van der Waals surface area contributed by atoms with Crippen molar-refractivity contribution >= 4 is 58.1 Å². The predicted octanol–water partition coefficient (Wildman–Crippen LogP) is 5.71. The van der Waals surface area contributed by atoms with E-state index in [2.05, 4.69) is 4.98 Å². The van der Waals surface area contributed by atoms with Crippen molar-refractivity contribution < 1.29 is 28.6 Å². The highest BCUT2D eigenvalue weighted by molar-refractivity contribution is 8.01. The van der Waals surface area contributed by atoms with E-state index in [1.54, 1.807) is 48.5 Å². The van der Waals surface area contributed by atoms with Crippen molar-refractivity contribution in [2.24, 2.45) is 0 Å². The molecule has 0 amide bonds. The topological polar surface area (TPSA) is 94.0 Å². The molecule has 1 heterocycles. The molecule has 0 aliphatic heterocycles. The minimum absolute atomic E-state index is 0.355. The molecular formula is C25H19F2N3O4S2. The minimum Gasteiger partial charge on any atom is -0.480 e. The molecule has 11 heteroatoms. The number of carboxylic acid groups (broad SMARTS) is 2. The average Bonchev–Trinajstić information content (AvgIpc) is 2.85. The lowest BCUT2D eigenvalue weighted by Gasteiger charge is -2.26. The highest BCUT2D eigenvalue weighted by Gasteiger charge is 2.22. The Bertz CT molecular complexity index is 1280. The van der Waals surface area contributed by atoms with Crippen LogP contribution in [0, 0.1) is 11.6 Å². The Morgan fingerprint density at radius 2 is 1.19 bits per heavy atom. The number of carbonyl (C=O) groups is 2. The molecule has 0 unspecified atom stereocenters. The van der Waals surface area contributed by atoms with Crippen molar-refractivity contribution in [2.45, 2.75) is 9.79 Å². The zero-order valence-corrected chi connectivity index (χ0v) is 20.2. The van der Waals surface area contributed by atoms with Gasteiger partial charge in [0, 0.05) is 20.6 Å². The fourth-order valence-corrected chi connectivity index (χ4v) is 5.22. The monoisotopic (exact) mass is 527 g/mol. The Labute approximate surface area is 213 Å². The summed E-state index contributed by atoms with van der Waals surface area (Å²) >= 11 is 2.22. The van der Waals surface area contributed by atoms with E-state index in [4.69, 9.17) is 0 Å². The highest BCUT2D eigenvalue weighted by atomic mass is 32.2. The van der Waals surface area contributed by atoms with Gasteiger partial charge in [-0.05, 0) is 72.4 Å². The molecule has 3 aromatic carbocycles.